The van der Waals surface area contributed by atoms with Gasteiger partial charge in [0, 0.05) is 15.5 Å². The fraction of sp³-hybridized carbons (Fsp3) is 0.273. The van der Waals surface area contributed by atoms with Crippen molar-refractivity contribution in [3.05, 3.63) is 27.1 Å². The van der Waals surface area contributed by atoms with E-state index >= 15 is 0 Å². The van der Waals surface area contributed by atoms with E-state index in [-0.39, 0.29) is 11.7 Å². The summed E-state index contributed by atoms with van der Waals surface area (Å²) in [6.45, 7) is 0.964. The van der Waals surface area contributed by atoms with Crippen molar-refractivity contribution in [1.29, 1.82) is 0 Å². The van der Waals surface area contributed by atoms with Crippen molar-refractivity contribution >= 4 is 55.2 Å². The molecule has 1 aromatic carbocycles. The summed E-state index contributed by atoms with van der Waals surface area (Å²) in [5, 5.41) is 14.6. The molecule has 0 atom stereocenters. The number of nitrogens with one attached hydrogen (secondary N) is 1. The van der Waals surface area contributed by atoms with Gasteiger partial charge in [-0.1, -0.05) is 27.7 Å². The van der Waals surface area contributed by atoms with Gasteiger partial charge in [-0.2, -0.15) is 0 Å². The third-order valence-corrected chi connectivity index (χ3v) is 4.48. The highest BCUT2D eigenvalue weighted by atomic mass is 79.9. The number of hydrogen-bond acceptors (Lipinski definition) is 6. The number of halogens is 2. The number of amides is 1. The van der Waals surface area contributed by atoms with Crippen LogP contribution in [-0.4, -0.2) is 38.4 Å². The highest BCUT2D eigenvalue weighted by molar-refractivity contribution is 9.11. The SMILES string of the molecule is NCCn1nnnc1SCC(=O)Nc1ccc(Br)cc1Br. The molecular formula is C11H12Br2N6OS. The molecule has 1 amide bonds. The molecule has 0 aliphatic carbocycles. The van der Waals surface area contributed by atoms with Crippen LogP contribution in [0.2, 0.25) is 0 Å². The van der Waals surface area contributed by atoms with E-state index in [1.807, 2.05) is 18.2 Å². The van der Waals surface area contributed by atoms with Gasteiger partial charge in [0.25, 0.3) is 0 Å². The van der Waals surface area contributed by atoms with Crippen LogP contribution >= 0.6 is 43.6 Å². The molecular weight excluding hydrogens is 424 g/mol. The molecule has 0 saturated carbocycles. The molecule has 1 aromatic heterocycles. The van der Waals surface area contributed by atoms with Crippen molar-refractivity contribution in [2.75, 3.05) is 17.6 Å². The zero-order chi connectivity index (χ0) is 15.2. The summed E-state index contributed by atoms with van der Waals surface area (Å²) in [6.07, 6.45) is 0. The third kappa shape index (κ3) is 4.77. The Morgan fingerprint density at radius 3 is 2.95 bits per heavy atom. The number of hydrogen-bond donors (Lipinski definition) is 2. The lowest BCUT2D eigenvalue weighted by Crippen LogP contribution is -2.16. The third-order valence-electron chi connectivity index (χ3n) is 2.38. The summed E-state index contributed by atoms with van der Waals surface area (Å²) < 4.78 is 3.32. The number of carbonyl (C=O) groups is 1. The molecule has 0 spiro atoms. The van der Waals surface area contributed by atoms with Gasteiger partial charge in [0.1, 0.15) is 0 Å². The number of benzene rings is 1. The second-order valence-electron chi connectivity index (χ2n) is 3.93. The molecule has 0 bridgehead atoms. The van der Waals surface area contributed by atoms with Gasteiger partial charge in [-0.25, -0.2) is 4.68 Å². The normalized spacial score (nSPS) is 10.6. The fourth-order valence-electron chi connectivity index (χ4n) is 1.47. The Balaban J connectivity index is 1.91. The zero-order valence-electron chi connectivity index (χ0n) is 10.8. The summed E-state index contributed by atoms with van der Waals surface area (Å²) >= 11 is 8.02. The monoisotopic (exact) mass is 434 g/mol. The second kappa shape index (κ2) is 7.87. The highest BCUT2D eigenvalue weighted by Crippen LogP contribution is 2.26. The number of aromatic nitrogens is 4. The van der Waals surface area contributed by atoms with Crippen LogP contribution in [0.25, 0.3) is 0 Å². The van der Waals surface area contributed by atoms with Crippen LogP contribution in [0.1, 0.15) is 0 Å². The number of carbonyl (C=O) groups excluding carboxylic acids is 1. The minimum atomic E-state index is -0.134. The van der Waals surface area contributed by atoms with Crippen LogP contribution in [0.5, 0.6) is 0 Å². The van der Waals surface area contributed by atoms with Crippen LogP contribution in [0, 0.1) is 0 Å². The van der Waals surface area contributed by atoms with Crippen LogP contribution < -0.4 is 11.1 Å². The molecule has 0 aliphatic heterocycles. The van der Waals surface area contributed by atoms with Crippen LogP contribution in [0.4, 0.5) is 5.69 Å². The molecule has 2 rings (SSSR count). The molecule has 0 unspecified atom stereocenters. The first-order chi connectivity index (χ1) is 10.1. The van der Waals surface area contributed by atoms with E-state index in [0.717, 1.165) is 8.95 Å². The van der Waals surface area contributed by atoms with E-state index in [0.29, 0.717) is 23.9 Å². The number of thioether (sulfide) groups is 1. The number of nitrogens with zero attached hydrogens (tertiary/aromatic N) is 4. The van der Waals surface area contributed by atoms with Gasteiger partial charge < -0.3 is 11.1 Å². The lowest BCUT2D eigenvalue weighted by molar-refractivity contribution is -0.113. The van der Waals surface area contributed by atoms with Gasteiger partial charge in [0.05, 0.1) is 18.0 Å². The average Bonchev–Trinajstić information content (AvgIpc) is 2.88. The Kier molecular flexibility index (Phi) is 6.15. The Bertz CT molecular complexity index is 635. The van der Waals surface area contributed by atoms with Crippen LogP contribution in [0.15, 0.2) is 32.3 Å². The summed E-state index contributed by atoms with van der Waals surface area (Å²) in [6, 6.07) is 5.54. The maximum atomic E-state index is 11.9. The van der Waals surface area contributed by atoms with Crippen molar-refractivity contribution in [2.24, 2.45) is 5.73 Å². The van der Waals surface area contributed by atoms with Gasteiger partial charge in [-0.3, -0.25) is 4.79 Å². The van der Waals surface area contributed by atoms with Gasteiger partial charge in [0.15, 0.2) is 0 Å². The standard InChI is InChI=1S/C11H12Br2N6OS/c12-7-1-2-9(8(13)5-7)15-10(20)6-21-11-16-17-18-19(11)4-3-14/h1-2,5H,3-4,6,14H2,(H,15,20). The number of rotatable bonds is 6. The lowest BCUT2D eigenvalue weighted by Gasteiger charge is -2.07. The molecule has 10 heteroatoms. The largest absolute Gasteiger partial charge is 0.329 e. The molecule has 2 aromatic rings. The number of anilines is 1. The van der Waals surface area contributed by atoms with Crippen LogP contribution in [0.3, 0.4) is 0 Å². The maximum absolute atomic E-state index is 11.9. The first-order valence-corrected chi connectivity index (χ1v) is 8.51. The van der Waals surface area contributed by atoms with Crippen molar-refractivity contribution in [3.63, 3.8) is 0 Å². The molecule has 3 N–H and O–H groups in total. The minimum Gasteiger partial charge on any atom is -0.329 e. The van der Waals surface area contributed by atoms with E-state index in [4.69, 9.17) is 5.73 Å². The molecule has 0 saturated heterocycles. The van der Waals surface area contributed by atoms with E-state index in [9.17, 15) is 4.79 Å². The van der Waals surface area contributed by atoms with Gasteiger partial charge in [0.2, 0.25) is 11.1 Å². The zero-order valence-corrected chi connectivity index (χ0v) is 14.8. The summed E-state index contributed by atoms with van der Waals surface area (Å²) in [5.41, 5.74) is 6.17. The maximum Gasteiger partial charge on any atom is 0.234 e. The number of nitrogens with two attached hydrogens (primary N) is 1. The molecule has 0 fully saturated rings. The Morgan fingerprint density at radius 1 is 1.43 bits per heavy atom. The summed E-state index contributed by atoms with van der Waals surface area (Å²) in [7, 11) is 0. The molecule has 0 radical (unpaired) electrons. The van der Waals surface area contributed by atoms with Crippen molar-refractivity contribution in [3.8, 4) is 0 Å². The second-order valence-corrected chi connectivity index (χ2v) is 6.65. The van der Waals surface area contributed by atoms with Crippen molar-refractivity contribution < 1.29 is 4.79 Å². The lowest BCUT2D eigenvalue weighted by atomic mass is 10.3. The predicted molar refractivity (Wildman–Crippen MR) is 88.1 cm³/mol. The van der Waals surface area contributed by atoms with Crippen LogP contribution in [-0.2, 0) is 11.3 Å². The molecule has 21 heavy (non-hydrogen) atoms. The van der Waals surface area contributed by atoms with Gasteiger partial charge in [-0.05, 0) is 44.6 Å². The topological polar surface area (TPSA) is 98.7 Å². The minimum absolute atomic E-state index is 0.134. The average molecular weight is 436 g/mol. The van der Waals surface area contributed by atoms with E-state index < -0.39 is 0 Å². The Morgan fingerprint density at radius 2 is 2.24 bits per heavy atom. The first-order valence-electron chi connectivity index (χ1n) is 5.94. The molecule has 1 heterocycles. The predicted octanol–water partition coefficient (Wildman–Crippen LogP) is 1.89. The van der Waals surface area contributed by atoms with E-state index in [1.54, 1.807) is 4.68 Å². The smallest absolute Gasteiger partial charge is 0.234 e. The Labute approximate surface area is 142 Å². The number of tetrazole rings is 1. The summed E-state index contributed by atoms with van der Waals surface area (Å²) in [5.74, 6) is 0.0818. The van der Waals surface area contributed by atoms with Crippen molar-refractivity contribution in [1.82, 2.24) is 20.2 Å². The summed E-state index contributed by atoms with van der Waals surface area (Å²) in [4.78, 5) is 11.9. The molecule has 7 nitrogen and oxygen atoms in total. The quantitative estimate of drug-likeness (QED) is 0.672. The highest BCUT2D eigenvalue weighted by Gasteiger charge is 2.11. The van der Waals surface area contributed by atoms with Gasteiger partial charge in [-0.15, -0.1) is 5.10 Å². The van der Waals surface area contributed by atoms with E-state index in [2.05, 4.69) is 52.7 Å². The Hall–Kier alpha value is -0.970. The molecule has 0 aliphatic rings. The fourth-order valence-corrected chi connectivity index (χ4v) is 3.32. The molecule has 112 valence electrons. The first kappa shape index (κ1) is 16.4. The van der Waals surface area contributed by atoms with Crippen molar-refractivity contribution in [2.45, 2.75) is 11.7 Å². The van der Waals surface area contributed by atoms with E-state index in [1.165, 1.54) is 11.8 Å². The van der Waals surface area contributed by atoms with Gasteiger partial charge >= 0.3 is 0 Å².